The van der Waals surface area contributed by atoms with Gasteiger partial charge in [-0.05, 0) is 0 Å². The van der Waals surface area contributed by atoms with Crippen LogP contribution in [-0.2, 0) is 10.0 Å². The Morgan fingerprint density at radius 2 is 2.33 bits per heavy atom. The number of aromatic nitrogens is 1. The number of halogens is 1. The molecule has 0 aliphatic rings. The molecule has 2 N–H and O–H groups in total. The molecular formula is C6H7ClN2O4S2. The third kappa shape index (κ3) is 3.65. The van der Waals surface area contributed by atoms with Gasteiger partial charge in [-0.25, -0.2) is 18.2 Å². The van der Waals surface area contributed by atoms with E-state index in [-0.39, 0.29) is 21.6 Å². The van der Waals surface area contributed by atoms with Crippen LogP contribution in [0, 0.1) is 0 Å². The summed E-state index contributed by atoms with van der Waals surface area (Å²) in [5, 5.41) is 8.60. The van der Waals surface area contributed by atoms with Gasteiger partial charge in [0.1, 0.15) is 4.88 Å². The molecule has 84 valence electrons. The molecule has 1 aromatic rings. The second-order valence-corrected chi connectivity index (χ2v) is 5.70. The summed E-state index contributed by atoms with van der Waals surface area (Å²) in [7, 11) is -3.52. The molecule has 0 radical (unpaired) electrons. The van der Waals surface area contributed by atoms with Gasteiger partial charge >= 0.3 is 5.97 Å². The number of nitrogens with zero attached hydrogens (tertiary/aromatic N) is 1. The van der Waals surface area contributed by atoms with E-state index in [0.29, 0.717) is 0 Å². The molecule has 0 aliphatic carbocycles. The topological polar surface area (TPSA) is 96.4 Å². The van der Waals surface area contributed by atoms with E-state index in [4.69, 9.17) is 16.7 Å². The van der Waals surface area contributed by atoms with E-state index < -0.39 is 16.0 Å². The molecule has 9 heteroatoms. The number of hydrogen-bond donors (Lipinski definition) is 2. The van der Waals surface area contributed by atoms with Crippen LogP contribution in [0.2, 0.25) is 0 Å². The number of thiazole rings is 1. The molecule has 6 nitrogen and oxygen atoms in total. The van der Waals surface area contributed by atoms with E-state index >= 15 is 0 Å². The van der Waals surface area contributed by atoms with Crippen LogP contribution in [0.15, 0.2) is 6.20 Å². The molecule has 0 unspecified atom stereocenters. The fourth-order valence-electron chi connectivity index (χ4n) is 0.706. The highest BCUT2D eigenvalue weighted by molar-refractivity contribution is 7.92. The van der Waals surface area contributed by atoms with Crippen LogP contribution in [-0.4, -0.2) is 36.1 Å². The summed E-state index contributed by atoms with van der Waals surface area (Å²) in [6.07, 6.45) is 1.09. The summed E-state index contributed by atoms with van der Waals surface area (Å²) in [6.45, 7) is 0. The first-order valence-corrected chi connectivity index (χ1v) is 6.70. The van der Waals surface area contributed by atoms with Gasteiger partial charge in [-0.3, -0.25) is 4.72 Å². The molecule has 0 atom stereocenters. The van der Waals surface area contributed by atoms with E-state index in [1.807, 2.05) is 0 Å². The number of carbonyl (C=O) groups is 1. The Hall–Kier alpha value is -0.860. The van der Waals surface area contributed by atoms with Crippen molar-refractivity contribution < 1.29 is 18.3 Å². The van der Waals surface area contributed by atoms with Crippen molar-refractivity contribution in [3.8, 4) is 0 Å². The second-order valence-electron chi connectivity index (χ2n) is 2.44. The second kappa shape index (κ2) is 4.77. The maximum Gasteiger partial charge on any atom is 0.347 e. The normalized spacial score (nSPS) is 11.3. The van der Waals surface area contributed by atoms with Crippen LogP contribution in [0.4, 0.5) is 5.13 Å². The van der Waals surface area contributed by atoms with Crippen molar-refractivity contribution in [2.45, 2.75) is 0 Å². The van der Waals surface area contributed by atoms with Gasteiger partial charge in [0.25, 0.3) is 0 Å². The fraction of sp³-hybridized carbons (Fsp3) is 0.333. The first-order valence-electron chi connectivity index (χ1n) is 3.70. The molecule has 1 aromatic heterocycles. The lowest BCUT2D eigenvalue weighted by atomic mass is 10.6. The highest BCUT2D eigenvalue weighted by Crippen LogP contribution is 2.19. The van der Waals surface area contributed by atoms with Crippen molar-refractivity contribution in [2.24, 2.45) is 0 Å². The Balaban J connectivity index is 2.77. The summed E-state index contributed by atoms with van der Waals surface area (Å²) >= 11 is 6.03. The van der Waals surface area contributed by atoms with Crippen molar-refractivity contribution in [1.29, 1.82) is 0 Å². The number of aromatic carboxylic acids is 1. The largest absolute Gasteiger partial charge is 0.477 e. The van der Waals surface area contributed by atoms with Crippen LogP contribution in [0.25, 0.3) is 0 Å². The molecule has 0 saturated carbocycles. The van der Waals surface area contributed by atoms with Crippen LogP contribution in [0.1, 0.15) is 9.67 Å². The molecule has 0 spiro atoms. The van der Waals surface area contributed by atoms with E-state index in [9.17, 15) is 13.2 Å². The summed E-state index contributed by atoms with van der Waals surface area (Å²) in [5.74, 6) is -1.42. The first kappa shape index (κ1) is 12.2. The quantitative estimate of drug-likeness (QED) is 0.772. The van der Waals surface area contributed by atoms with Crippen molar-refractivity contribution in [2.75, 3.05) is 16.4 Å². The van der Waals surface area contributed by atoms with Crippen LogP contribution in [0.5, 0.6) is 0 Å². The zero-order valence-corrected chi connectivity index (χ0v) is 9.69. The third-order valence-corrected chi connectivity index (χ3v) is 3.99. The van der Waals surface area contributed by atoms with Crippen LogP contribution in [0.3, 0.4) is 0 Å². The van der Waals surface area contributed by atoms with Gasteiger partial charge in [-0.1, -0.05) is 11.3 Å². The summed E-state index contributed by atoms with van der Waals surface area (Å²) in [4.78, 5) is 14.1. The van der Waals surface area contributed by atoms with Crippen LogP contribution >= 0.6 is 22.9 Å². The van der Waals surface area contributed by atoms with E-state index in [1.165, 1.54) is 0 Å². The average molecular weight is 271 g/mol. The number of sulfonamides is 1. The van der Waals surface area contributed by atoms with Gasteiger partial charge in [0.2, 0.25) is 10.0 Å². The Labute approximate surface area is 95.0 Å². The molecule has 0 saturated heterocycles. The lowest BCUT2D eigenvalue weighted by Gasteiger charge is -2.01. The number of carboxylic acids is 1. The number of nitrogens with one attached hydrogen (secondary N) is 1. The van der Waals surface area contributed by atoms with Gasteiger partial charge in [-0.15, -0.1) is 11.6 Å². The lowest BCUT2D eigenvalue weighted by molar-refractivity contribution is 0.0702. The van der Waals surface area contributed by atoms with E-state index in [2.05, 4.69) is 9.71 Å². The zero-order chi connectivity index (χ0) is 11.5. The van der Waals surface area contributed by atoms with E-state index in [0.717, 1.165) is 17.5 Å². The predicted octanol–water partition coefficient (Wildman–Crippen LogP) is 0.822. The smallest absolute Gasteiger partial charge is 0.347 e. The minimum atomic E-state index is -3.52. The van der Waals surface area contributed by atoms with Gasteiger partial charge in [0, 0.05) is 5.88 Å². The molecule has 1 rings (SSSR count). The lowest BCUT2D eigenvalue weighted by Crippen LogP contribution is -2.17. The van der Waals surface area contributed by atoms with Crippen molar-refractivity contribution in [3.05, 3.63) is 11.1 Å². The van der Waals surface area contributed by atoms with Gasteiger partial charge in [0.05, 0.1) is 11.9 Å². The van der Waals surface area contributed by atoms with E-state index in [1.54, 1.807) is 0 Å². The number of carboxylic acid groups (broad SMARTS) is 1. The molecule has 0 amide bonds. The Kier molecular flexibility index (Phi) is 3.89. The van der Waals surface area contributed by atoms with Crippen molar-refractivity contribution >= 4 is 44.1 Å². The number of alkyl halides is 1. The predicted molar refractivity (Wildman–Crippen MR) is 57.2 cm³/mol. The number of rotatable bonds is 5. The highest BCUT2D eigenvalue weighted by atomic mass is 35.5. The standard InChI is InChI=1S/C6H7ClN2O4S2/c7-1-2-15(12,13)9-6-8-3-4(14-6)5(10)11/h3H,1-2H2,(H,8,9)(H,10,11). The van der Waals surface area contributed by atoms with Gasteiger partial charge < -0.3 is 5.11 Å². The maximum absolute atomic E-state index is 11.2. The fourth-order valence-corrected chi connectivity index (χ4v) is 2.99. The summed E-state index contributed by atoms with van der Waals surface area (Å²) in [6, 6.07) is 0. The molecular weight excluding hydrogens is 264 g/mol. The highest BCUT2D eigenvalue weighted by Gasteiger charge is 2.14. The summed E-state index contributed by atoms with van der Waals surface area (Å²) in [5.41, 5.74) is 0. The molecule has 1 heterocycles. The SMILES string of the molecule is O=C(O)c1cnc(NS(=O)(=O)CCCl)s1. The first-order chi connectivity index (χ1) is 6.94. The van der Waals surface area contributed by atoms with Crippen LogP contribution < -0.4 is 4.72 Å². The summed E-state index contributed by atoms with van der Waals surface area (Å²) < 4.78 is 24.5. The molecule has 15 heavy (non-hydrogen) atoms. The maximum atomic E-state index is 11.2. The van der Waals surface area contributed by atoms with Crippen molar-refractivity contribution in [3.63, 3.8) is 0 Å². The van der Waals surface area contributed by atoms with Gasteiger partial charge in [0.15, 0.2) is 5.13 Å². The molecule has 0 aromatic carbocycles. The molecule has 0 bridgehead atoms. The minimum Gasteiger partial charge on any atom is -0.477 e. The monoisotopic (exact) mass is 270 g/mol. The zero-order valence-electron chi connectivity index (χ0n) is 7.31. The Morgan fingerprint density at radius 1 is 1.67 bits per heavy atom. The minimum absolute atomic E-state index is 0.0255. The number of anilines is 1. The average Bonchev–Trinajstić information content (AvgIpc) is 2.51. The van der Waals surface area contributed by atoms with Gasteiger partial charge in [-0.2, -0.15) is 0 Å². The molecule has 0 aliphatic heterocycles. The Bertz CT molecular complexity index is 455. The third-order valence-electron chi connectivity index (χ3n) is 1.31. The van der Waals surface area contributed by atoms with Crippen molar-refractivity contribution in [1.82, 2.24) is 4.98 Å². The molecule has 0 fully saturated rings. The number of hydrogen-bond acceptors (Lipinski definition) is 5. The Morgan fingerprint density at radius 3 is 2.80 bits per heavy atom.